The van der Waals surface area contributed by atoms with E-state index in [9.17, 15) is 0 Å². The van der Waals surface area contributed by atoms with Crippen LogP contribution in [0.3, 0.4) is 0 Å². The SMILES string of the molecule is Brc1ccccc1C1NCCc2ccccc21. The largest absolute Gasteiger partial charge is 0.306 e. The zero-order chi connectivity index (χ0) is 11.7. The molecule has 2 heteroatoms. The maximum Gasteiger partial charge on any atom is 0.0590 e. The van der Waals surface area contributed by atoms with E-state index in [0.717, 1.165) is 13.0 Å². The Balaban J connectivity index is 2.09. The van der Waals surface area contributed by atoms with Crippen LogP contribution < -0.4 is 5.32 Å². The molecule has 1 aliphatic rings. The minimum absolute atomic E-state index is 0.315. The molecule has 0 amide bonds. The highest BCUT2D eigenvalue weighted by Gasteiger charge is 2.21. The third kappa shape index (κ3) is 2.03. The Hall–Kier alpha value is -1.12. The first-order valence-electron chi connectivity index (χ1n) is 5.92. The molecular formula is C15H14BrN. The van der Waals surface area contributed by atoms with Gasteiger partial charge in [0, 0.05) is 11.0 Å². The molecule has 0 saturated heterocycles. The quantitative estimate of drug-likeness (QED) is 0.844. The molecule has 0 fully saturated rings. The molecule has 1 atom stereocenters. The second kappa shape index (κ2) is 4.63. The van der Waals surface area contributed by atoms with Crippen molar-refractivity contribution in [3.8, 4) is 0 Å². The molecule has 1 nitrogen and oxygen atoms in total. The van der Waals surface area contributed by atoms with E-state index in [1.165, 1.54) is 21.2 Å². The average Bonchev–Trinajstić information content (AvgIpc) is 2.39. The molecule has 1 unspecified atom stereocenters. The van der Waals surface area contributed by atoms with E-state index >= 15 is 0 Å². The third-order valence-electron chi connectivity index (χ3n) is 3.33. The first kappa shape index (κ1) is 11.0. The maximum atomic E-state index is 3.64. The predicted octanol–water partition coefficient (Wildman–Crippen LogP) is 3.68. The molecule has 0 saturated carbocycles. The minimum atomic E-state index is 0.315. The van der Waals surface area contributed by atoms with Crippen molar-refractivity contribution in [2.75, 3.05) is 6.54 Å². The molecule has 0 radical (unpaired) electrons. The van der Waals surface area contributed by atoms with Crippen LogP contribution in [0, 0.1) is 0 Å². The number of hydrogen-bond donors (Lipinski definition) is 1. The Kier molecular flexibility index (Phi) is 3.00. The van der Waals surface area contributed by atoms with Gasteiger partial charge >= 0.3 is 0 Å². The van der Waals surface area contributed by atoms with Crippen molar-refractivity contribution in [3.05, 3.63) is 69.7 Å². The van der Waals surface area contributed by atoms with Crippen molar-refractivity contribution in [1.82, 2.24) is 5.32 Å². The van der Waals surface area contributed by atoms with E-state index < -0.39 is 0 Å². The smallest absolute Gasteiger partial charge is 0.0590 e. The number of hydrogen-bond acceptors (Lipinski definition) is 1. The van der Waals surface area contributed by atoms with E-state index in [0.29, 0.717) is 6.04 Å². The summed E-state index contributed by atoms with van der Waals surface area (Å²) in [5.41, 5.74) is 4.19. The van der Waals surface area contributed by atoms with Gasteiger partial charge in [-0.3, -0.25) is 0 Å². The second-order valence-corrected chi connectivity index (χ2v) is 5.21. The van der Waals surface area contributed by atoms with Crippen molar-refractivity contribution in [2.45, 2.75) is 12.5 Å². The third-order valence-corrected chi connectivity index (χ3v) is 4.05. The molecule has 3 rings (SSSR count). The van der Waals surface area contributed by atoms with Gasteiger partial charge in [0.2, 0.25) is 0 Å². The van der Waals surface area contributed by atoms with Gasteiger partial charge in [0.15, 0.2) is 0 Å². The lowest BCUT2D eigenvalue weighted by Gasteiger charge is -2.28. The molecule has 2 aromatic carbocycles. The summed E-state index contributed by atoms with van der Waals surface area (Å²) in [6.45, 7) is 1.04. The van der Waals surface area contributed by atoms with Crippen LogP contribution in [-0.2, 0) is 6.42 Å². The Morgan fingerprint density at radius 1 is 0.941 bits per heavy atom. The van der Waals surface area contributed by atoms with Gasteiger partial charge < -0.3 is 5.32 Å². The number of nitrogens with one attached hydrogen (secondary N) is 1. The lowest BCUT2D eigenvalue weighted by Crippen LogP contribution is -2.30. The van der Waals surface area contributed by atoms with Gasteiger partial charge in [0.25, 0.3) is 0 Å². The van der Waals surface area contributed by atoms with E-state index in [1.807, 2.05) is 0 Å². The average molecular weight is 288 g/mol. The van der Waals surface area contributed by atoms with Crippen LogP contribution in [0.4, 0.5) is 0 Å². The summed E-state index contributed by atoms with van der Waals surface area (Å²) in [4.78, 5) is 0. The lowest BCUT2D eigenvalue weighted by atomic mass is 9.90. The summed E-state index contributed by atoms with van der Waals surface area (Å²) in [7, 11) is 0. The zero-order valence-electron chi connectivity index (χ0n) is 9.49. The Bertz CT molecular complexity index is 536. The summed E-state index contributed by atoms with van der Waals surface area (Å²) in [5.74, 6) is 0. The first-order chi connectivity index (χ1) is 8.36. The van der Waals surface area contributed by atoms with Gasteiger partial charge in [-0.05, 0) is 29.2 Å². The zero-order valence-corrected chi connectivity index (χ0v) is 11.1. The molecule has 0 aromatic heterocycles. The van der Waals surface area contributed by atoms with Crippen LogP contribution in [0.15, 0.2) is 53.0 Å². The summed E-state index contributed by atoms with van der Waals surface area (Å²) < 4.78 is 1.18. The van der Waals surface area contributed by atoms with E-state index in [4.69, 9.17) is 0 Å². The van der Waals surface area contributed by atoms with E-state index in [-0.39, 0.29) is 0 Å². The Labute approximate surface area is 110 Å². The monoisotopic (exact) mass is 287 g/mol. The van der Waals surface area contributed by atoms with Crippen molar-refractivity contribution in [3.63, 3.8) is 0 Å². The van der Waals surface area contributed by atoms with Crippen LogP contribution in [-0.4, -0.2) is 6.54 Å². The van der Waals surface area contributed by atoms with Gasteiger partial charge in [-0.1, -0.05) is 58.4 Å². The molecule has 1 aliphatic heterocycles. The van der Waals surface area contributed by atoms with Gasteiger partial charge in [0.05, 0.1) is 6.04 Å². The molecule has 0 bridgehead atoms. The highest BCUT2D eigenvalue weighted by atomic mass is 79.9. The summed E-state index contributed by atoms with van der Waals surface area (Å²) in [6, 6.07) is 17.5. The lowest BCUT2D eigenvalue weighted by molar-refractivity contribution is 0.566. The topological polar surface area (TPSA) is 12.0 Å². The van der Waals surface area contributed by atoms with E-state index in [1.54, 1.807) is 0 Å². The highest BCUT2D eigenvalue weighted by molar-refractivity contribution is 9.10. The summed E-state index contributed by atoms with van der Waals surface area (Å²) in [6.07, 6.45) is 1.12. The Morgan fingerprint density at radius 3 is 2.47 bits per heavy atom. The Morgan fingerprint density at radius 2 is 1.65 bits per heavy atom. The molecule has 0 spiro atoms. The molecule has 86 valence electrons. The fraction of sp³-hybridized carbons (Fsp3) is 0.200. The number of benzene rings is 2. The molecule has 2 aromatic rings. The second-order valence-electron chi connectivity index (χ2n) is 4.36. The van der Waals surface area contributed by atoms with Crippen LogP contribution in [0.25, 0.3) is 0 Å². The number of rotatable bonds is 1. The van der Waals surface area contributed by atoms with Gasteiger partial charge in [-0.25, -0.2) is 0 Å². The van der Waals surface area contributed by atoms with Crippen LogP contribution >= 0.6 is 15.9 Å². The molecule has 0 aliphatic carbocycles. The van der Waals surface area contributed by atoms with Crippen molar-refractivity contribution in [2.24, 2.45) is 0 Å². The van der Waals surface area contributed by atoms with Crippen molar-refractivity contribution >= 4 is 15.9 Å². The van der Waals surface area contributed by atoms with Crippen molar-refractivity contribution < 1.29 is 0 Å². The number of fused-ring (bicyclic) bond motifs is 1. The molecule has 1 N–H and O–H groups in total. The van der Waals surface area contributed by atoms with Crippen LogP contribution in [0.1, 0.15) is 22.7 Å². The highest BCUT2D eigenvalue weighted by Crippen LogP contribution is 2.32. The van der Waals surface area contributed by atoms with E-state index in [2.05, 4.69) is 69.8 Å². The van der Waals surface area contributed by atoms with Gasteiger partial charge in [0.1, 0.15) is 0 Å². The van der Waals surface area contributed by atoms with Crippen molar-refractivity contribution in [1.29, 1.82) is 0 Å². The van der Waals surface area contributed by atoms with Crippen LogP contribution in [0.5, 0.6) is 0 Å². The standard InChI is InChI=1S/C15H14BrN/c16-14-8-4-3-7-13(14)15-12-6-2-1-5-11(12)9-10-17-15/h1-8,15,17H,9-10H2. The minimum Gasteiger partial charge on any atom is -0.306 e. The molecule has 1 heterocycles. The summed E-state index contributed by atoms with van der Waals surface area (Å²) >= 11 is 3.64. The van der Waals surface area contributed by atoms with Crippen LogP contribution in [0.2, 0.25) is 0 Å². The predicted molar refractivity (Wildman–Crippen MR) is 74.1 cm³/mol. The maximum absolute atomic E-state index is 3.64. The molecule has 17 heavy (non-hydrogen) atoms. The summed E-state index contributed by atoms with van der Waals surface area (Å²) in [5, 5.41) is 3.60. The van der Waals surface area contributed by atoms with Gasteiger partial charge in [-0.2, -0.15) is 0 Å². The fourth-order valence-corrected chi connectivity index (χ4v) is 3.01. The fourth-order valence-electron chi connectivity index (χ4n) is 2.49. The van der Waals surface area contributed by atoms with Gasteiger partial charge in [-0.15, -0.1) is 0 Å². The normalized spacial score (nSPS) is 18.8. The molecular weight excluding hydrogens is 274 g/mol. The number of halogens is 1. The first-order valence-corrected chi connectivity index (χ1v) is 6.71.